The largest absolute Gasteiger partial charge is 0.467 e. The fourth-order valence-corrected chi connectivity index (χ4v) is 5.18. The molecule has 0 amide bonds. The fraction of sp³-hybridized carbons (Fsp3) is 0.308. The first kappa shape index (κ1) is 23.2. The molecule has 5 rings (SSSR count). The lowest BCUT2D eigenvalue weighted by atomic mass is 10.0. The van der Waals surface area contributed by atoms with Gasteiger partial charge in [-0.1, -0.05) is 13.0 Å². The Morgan fingerprint density at radius 3 is 2.74 bits per heavy atom. The lowest BCUT2D eigenvalue weighted by Gasteiger charge is -2.29. The number of aromatic amines is 1. The Balaban J connectivity index is 1.52. The molecule has 0 aliphatic heterocycles. The molecule has 0 radical (unpaired) electrons. The molecule has 4 heterocycles. The summed E-state index contributed by atoms with van der Waals surface area (Å²) >= 11 is 1.70. The van der Waals surface area contributed by atoms with E-state index in [1.807, 2.05) is 30.3 Å². The average Bonchev–Trinajstić information content (AvgIpc) is 3.61. The number of hydrogen-bond donors (Lipinski definition) is 1. The van der Waals surface area contributed by atoms with E-state index in [4.69, 9.17) is 4.42 Å². The summed E-state index contributed by atoms with van der Waals surface area (Å²) in [4.78, 5) is 19.7. The molecule has 0 aliphatic carbocycles. The Bertz CT molecular complexity index is 1470. The van der Waals surface area contributed by atoms with Crippen molar-refractivity contribution in [2.45, 2.75) is 52.9 Å². The van der Waals surface area contributed by atoms with Gasteiger partial charge in [-0.2, -0.15) is 0 Å². The van der Waals surface area contributed by atoms with Crippen molar-refractivity contribution in [3.8, 4) is 0 Å². The average molecular weight is 489 g/mol. The van der Waals surface area contributed by atoms with Crippen LogP contribution in [0.2, 0.25) is 0 Å². The third-order valence-electron chi connectivity index (χ3n) is 6.42. The maximum atomic E-state index is 13.1. The minimum absolute atomic E-state index is 0.0676. The normalized spacial score (nSPS) is 12.6. The second kappa shape index (κ2) is 9.97. The van der Waals surface area contributed by atoms with Crippen molar-refractivity contribution in [1.29, 1.82) is 0 Å². The number of furan rings is 1. The number of fused-ring (bicyclic) bond motifs is 1. The molecular weight excluding hydrogens is 460 g/mol. The van der Waals surface area contributed by atoms with E-state index in [2.05, 4.69) is 63.7 Å². The third-order valence-corrected chi connectivity index (χ3v) is 7.28. The summed E-state index contributed by atoms with van der Waals surface area (Å²) in [6.07, 6.45) is 2.43. The van der Waals surface area contributed by atoms with Gasteiger partial charge in [0.1, 0.15) is 12.3 Å². The van der Waals surface area contributed by atoms with Crippen LogP contribution in [-0.2, 0) is 19.6 Å². The van der Waals surface area contributed by atoms with Crippen molar-refractivity contribution in [2.75, 3.05) is 0 Å². The summed E-state index contributed by atoms with van der Waals surface area (Å²) in [7, 11) is 0. The van der Waals surface area contributed by atoms with Crippen LogP contribution in [0.15, 0.2) is 63.3 Å². The Kier molecular flexibility index (Phi) is 6.61. The Hall–Kier alpha value is -3.56. The molecule has 35 heavy (non-hydrogen) atoms. The number of nitrogens with zero attached hydrogens (tertiary/aromatic N) is 5. The van der Waals surface area contributed by atoms with Crippen LogP contribution in [0, 0.1) is 13.8 Å². The zero-order valence-corrected chi connectivity index (χ0v) is 20.9. The van der Waals surface area contributed by atoms with E-state index in [0.29, 0.717) is 19.6 Å². The van der Waals surface area contributed by atoms with Crippen molar-refractivity contribution in [3.63, 3.8) is 0 Å². The summed E-state index contributed by atoms with van der Waals surface area (Å²) in [6.45, 7) is 7.89. The molecule has 4 aromatic heterocycles. The lowest BCUT2D eigenvalue weighted by molar-refractivity contribution is 0.162. The van der Waals surface area contributed by atoms with Gasteiger partial charge < -0.3 is 9.40 Å². The molecule has 0 aliphatic rings. The molecule has 9 heteroatoms. The molecule has 1 atom stereocenters. The molecule has 5 aromatic rings. The van der Waals surface area contributed by atoms with Crippen molar-refractivity contribution in [2.24, 2.45) is 0 Å². The lowest BCUT2D eigenvalue weighted by Crippen LogP contribution is -2.32. The van der Waals surface area contributed by atoms with Gasteiger partial charge in [-0.25, -0.2) is 4.68 Å². The van der Waals surface area contributed by atoms with Crippen molar-refractivity contribution < 1.29 is 4.42 Å². The zero-order chi connectivity index (χ0) is 24.4. The molecule has 0 bridgehead atoms. The highest BCUT2D eigenvalue weighted by Gasteiger charge is 2.26. The van der Waals surface area contributed by atoms with Crippen LogP contribution in [0.1, 0.15) is 52.5 Å². The SMILES string of the molecule is CC[C@H](c1nnnn1Cc1ccco1)N(Cc1cccs1)Cc1cc2cc(C)c(C)cc2[nH]c1=O. The van der Waals surface area contributed by atoms with Crippen LogP contribution in [0.4, 0.5) is 0 Å². The molecular formula is C26H28N6O2S. The van der Waals surface area contributed by atoms with E-state index in [1.54, 1.807) is 22.3 Å². The van der Waals surface area contributed by atoms with Crippen LogP contribution in [0.25, 0.3) is 10.9 Å². The number of benzene rings is 1. The molecule has 0 unspecified atom stereocenters. The second-order valence-electron chi connectivity index (χ2n) is 8.83. The smallest absolute Gasteiger partial charge is 0.252 e. The predicted molar refractivity (Wildman–Crippen MR) is 136 cm³/mol. The maximum Gasteiger partial charge on any atom is 0.252 e. The monoisotopic (exact) mass is 488 g/mol. The van der Waals surface area contributed by atoms with Gasteiger partial charge in [0, 0.05) is 29.0 Å². The Morgan fingerprint density at radius 2 is 2.00 bits per heavy atom. The number of aromatic nitrogens is 5. The molecule has 1 N–H and O–H groups in total. The number of pyridine rings is 1. The molecule has 0 saturated carbocycles. The number of hydrogen-bond acceptors (Lipinski definition) is 7. The highest BCUT2D eigenvalue weighted by atomic mass is 32.1. The van der Waals surface area contributed by atoms with E-state index in [9.17, 15) is 4.79 Å². The quantitative estimate of drug-likeness (QED) is 0.314. The van der Waals surface area contributed by atoms with E-state index >= 15 is 0 Å². The molecule has 8 nitrogen and oxygen atoms in total. The summed E-state index contributed by atoms with van der Waals surface area (Å²) in [5.41, 5.74) is 3.88. The van der Waals surface area contributed by atoms with Gasteiger partial charge in [-0.05, 0) is 89.0 Å². The number of tetrazole rings is 1. The van der Waals surface area contributed by atoms with Gasteiger partial charge in [0.05, 0.1) is 12.3 Å². The predicted octanol–water partition coefficient (Wildman–Crippen LogP) is 4.99. The van der Waals surface area contributed by atoms with Crippen molar-refractivity contribution in [1.82, 2.24) is 30.1 Å². The van der Waals surface area contributed by atoms with Gasteiger partial charge in [0.25, 0.3) is 5.56 Å². The van der Waals surface area contributed by atoms with Crippen molar-refractivity contribution in [3.05, 3.63) is 97.6 Å². The van der Waals surface area contributed by atoms with E-state index < -0.39 is 0 Å². The van der Waals surface area contributed by atoms with Gasteiger partial charge in [0.2, 0.25) is 0 Å². The summed E-state index contributed by atoms with van der Waals surface area (Å²) in [5, 5.41) is 15.7. The zero-order valence-electron chi connectivity index (χ0n) is 20.1. The molecule has 0 saturated heterocycles. The first-order valence-electron chi connectivity index (χ1n) is 11.7. The van der Waals surface area contributed by atoms with E-state index in [-0.39, 0.29) is 11.6 Å². The van der Waals surface area contributed by atoms with Crippen LogP contribution < -0.4 is 5.56 Å². The summed E-state index contributed by atoms with van der Waals surface area (Å²) < 4.78 is 7.30. The molecule has 0 fully saturated rings. The second-order valence-corrected chi connectivity index (χ2v) is 9.86. The first-order chi connectivity index (χ1) is 17.0. The molecule has 1 aromatic carbocycles. The fourth-order valence-electron chi connectivity index (χ4n) is 4.45. The number of nitrogens with one attached hydrogen (secondary N) is 1. The highest BCUT2D eigenvalue weighted by molar-refractivity contribution is 7.09. The number of thiophene rings is 1. The van der Waals surface area contributed by atoms with Gasteiger partial charge in [-0.15, -0.1) is 16.4 Å². The number of rotatable bonds is 9. The topological polar surface area (TPSA) is 92.8 Å². The van der Waals surface area contributed by atoms with Crippen LogP contribution in [0.5, 0.6) is 0 Å². The molecule has 180 valence electrons. The van der Waals surface area contributed by atoms with E-state index in [0.717, 1.165) is 40.0 Å². The number of H-pyrrole nitrogens is 1. The minimum Gasteiger partial charge on any atom is -0.467 e. The van der Waals surface area contributed by atoms with Gasteiger partial charge in [-0.3, -0.25) is 9.69 Å². The summed E-state index contributed by atoms with van der Waals surface area (Å²) in [6, 6.07) is 14.0. The highest BCUT2D eigenvalue weighted by Crippen LogP contribution is 2.28. The summed E-state index contributed by atoms with van der Waals surface area (Å²) in [5.74, 6) is 1.54. The minimum atomic E-state index is -0.0862. The maximum absolute atomic E-state index is 13.1. The van der Waals surface area contributed by atoms with Crippen LogP contribution >= 0.6 is 11.3 Å². The number of aryl methyl sites for hydroxylation is 2. The Labute approximate surface area is 207 Å². The Morgan fingerprint density at radius 1 is 1.14 bits per heavy atom. The standard InChI is InChI=1S/C26H28N6O2S/c1-4-24(25-28-29-30-32(25)15-21-7-5-9-34-21)31(16-22-8-6-10-35-22)14-20-13-19-11-17(2)18(3)12-23(19)27-26(20)33/h5-13,24H,4,14-16H2,1-3H3,(H,27,33)/t24-/m1/s1. The van der Waals surface area contributed by atoms with Crippen LogP contribution in [0.3, 0.4) is 0 Å². The van der Waals surface area contributed by atoms with Gasteiger partial charge >= 0.3 is 0 Å². The molecule has 0 spiro atoms. The first-order valence-corrected chi connectivity index (χ1v) is 12.6. The van der Waals surface area contributed by atoms with Crippen molar-refractivity contribution >= 4 is 22.2 Å². The third kappa shape index (κ3) is 4.96. The van der Waals surface area contributed by atoms with Gasteiger partial charge in [0.15, 0.2) is 5.82 Å². The van der Waals surface area contributed by atoms with E-state index in [1.165, 1.54) is 10.4 Å². The van der Waals surface area contributed by atoms with Crippen LogP contribution in [-0.4, -0.2) is 30.1 Å².